The summed E-state index contributed by atoms with van der Waals surface area (Å²) >= 11 is 3.48. The molecule has 0 aromatic heterocycles. The van der Waals surface area contributed by atoms with Crippen LogP contribution >= 0.6 is 15.9 Å². The number of rotatable bonds is 4. The Morgan fingerprint density at radius 3 is 2.53 bits per heavy atom. The molecule has 1 rings (SSSR count). The van der Waals surface area contributed by atoms with E-state index in [2.05, 4.69) is 29.8 Å². The Bertz CT molecular complexity index is 325. The van der Waals surface area contributed by atoms with Gasteiger partial charge in [0.25, 0.3) is 0 Å². The molecule has 0 saturated carbocycles. The molecule has 0 aromatic carbocycles. The van der Waals surface area contributed by atoms with Crippen molar-refractivity contribution in [2.24, 2.45) is 5.92 Å². The average molecular weight is 337 g/mol. The van der Waals surface area contributed by atoms with Crippen LogP contribution in [0.25, 0.3) is 0 Å². The first kappa shape index (κ1) is 16.9. The summed E-state index contributed by atoms with van der Waals surface area (Å²) in [5.41, 5.74) is 0. The summed E-state index contributed by atoms with van der Waals surface area (Å²) in [5.74, 6) is -0.615. The van der Waals surface area contributed by atoms with Gasteiger partial charge < -0.3 is 14.2 Å². The van der Waals surface area contributed by atoms with Crippen molar-refractivity contribution in [3.05, 3.63) is 0 Å². The molecule has 0 aromatic rings. The van der Waals surface area contributed by atoms with Crippen molar-refractivity contribution >= 4 is 21.9 Å². The molecule has 1 heterocycles. The van der Waals surface area contributed by atoms with Crippen molar-refractivity contribution in [3.8, 4) is 0 Å². The molecule has 0 N–H and O–H groups in total. The molecule has 4 nitrogen and oxygen atoms in total. The molecule has 1 fully saturated rings. The van der Waals surface area contributed by atoms with E-state index in [1.807, 2.05) is 13.8 Å². The van der Waals surface area contributed by atoms with Gasteiger partial charge in [0.2, 0.25) is 0 Å². The lowest BCUT2D eigenvalue weighted by atomic mass is 9.92. The Kier molecular flexibility index (Phi) is 5.43. The quantitative estimate of drug-likeness (QED) is 0.583. The topological polar surface area (TPSA) is 44.8 Å². The predicted molar refractivity (Wildman–Crippen MR) is 77.2 cm³/mol. The Morgan fingerprint density at radius 2 is 2.05 bits per heavy atom. The van der Waals surface area contributed by atoms with Crippen molar-refractivity contribution in [3.63, 3.8) is 0 Å². The molecule has 3 atom stereocenters. The van der Waals surface area contributed by atoms with Crippen LogP contribution in [0.1, 0.15) is 48.0 Å². The minimum Gasteiger partial charge on any atom is -0.465 e. The third-order valence-corrected chi connectivity index (χ3v) is 4.16. The summed E-state index contributed by atoms with van der Waals surface area (Å²) in [6.45, 7) is 11.9. The summed E-state index contributed by atoms with van der Waals surface area (Å²) in [5, 5.41) is 0. The van der Waals surface area contributed by atoms with Crippen LogP contribution in [-0.2, 0) is 19.0 Å². The molecule has 112 valence electrons. The third-order valence-electron chi connectivity index (χ3n) is 3.33. The maximum atomic E-state index is 12.1. The number of alkyl halides is 1. The second-order valence-electron chi connectivity index (χ2n) is 5.94. The molecule has 1 saturated heterocycles. The number of hydrogen-bond donors (Lipinski definition) is 0. The average Bonchev–Trinajstić information content (AvgIpc) is 2.27. The molecule has 0 bridgehead atoms. The highest BCUT2D eigenvalue weighted by atomic mass is 79.9. The zero-order chi connectivity index (χ0) is 14.8. The Hall–Kier alpha value is -0.130. The van der Waals surface area contributed by atoms with Gasteiger partial charge in [-0.1, -0.05) is 29.8 Å². The van der Waals surface area contributed by atoms with Gasteiger partial charge in [0, 0.05) is 6.42 Å². The van der Waals surface area contributed by atoms with Crippen molar-refractivity contribution in [2.45, 2.75) is 70.3 Å². The van der Waals surface area contributed by atoms with E-state index in [1.165, 1.54) is 0 Å². The Labute approximate surface area is 124 Å². The molecule has 1 unspecified atom stereocenters. The van der Waals surface area contributed by atoms with E-state index < -0.39 is 10.1 Å². The molecular formula is C14H25BrO4. The first-order valence-electron chi connectivity index (χ1n) is 6.82. The normalized spacial score (nSPS) is 29.9. The van der Waals surface area contributed by atoms with E-state index in [-0.39, 0.29) is 18.2 Å². The molecule has 5 heteroatoms. The van der Waals surface area contributed by atoms with E-state index >= 15 is 0 Å². The van der Waals surface area contributed by atoms with Crippen LogP contribution in [0.2, 0.25) is 0 Å². The van der Waals surface area contributed by atoms with Gasteiger partial charge in [0.05, 0.1) is 18.8 Å². The number of hydrogen-bond acceptors (Lipinski definition) is 4. The van der Waals surface area contributed by atoms with Gasteiger partial charge in [-0.2, -0.15) is 0 Å². The van der Waals surface area contributed by atoms with Crippen molar-refractivity contribution in [1.29, 1.82) is 0 Å². The first-order valence-corrected chi connectivity index (χ1v) is 7.61. The second-order valence-corrected chi connectivity index (χ2v) is 7.59. The smallest absolute Gasteiger partial charge is 0.325 e. The number of esters is 1. The highest BCUT2D eigenvalue weighted by molar-refractivity contribution is 9.10. The Morgan fingerprint density at radius 1 is 1.47 bits per heavy atom. The molecule has 1 aliphatic heterocycles. The fourth-order valence-corrected chi connectivity index (χ4v) is 2.58. The van der Waals surface area contributed by atoms with Crippen LogP contribution in [0.4, 0.5) is 0 Å². The fraction of sp³-hybridized carbons (Fsp3) is 0.929. The summed E-state index contributed by atoms with van der Waals surface area (Å²) in [7, 11) is 0. The van der Waals surface area contributed by atoms with E-state index in [9.17, 15) is 4.79 Å². The third kappa shape index (κ3) is 4.17. The lowest BCUT2D eigenvalue weighted by Gasteiger charge is -2.45. The minimum absolute atomic E-state index is 0.0695. The Balaban J connectivity index is 2.89. The number of carbonyl (C=O) groups is 1. The molecule has 0 spiro atoms. The number of ether oxygens (including phenoxy) is 3. The maximum Gasteiger partial charge on any atom is 0.325 e. The van der Waals surface area contributed by atoms with Crippen molar-refractivity contribution in [2.75, 3.05) is 6.61 Å². The van der Waals surface area contributed by atoms with E-state index in [1.54, 1.807) is 13.8 Å². The molecular weight excluding hydrogens is 312 g/mol. The highest BCUT2D eigenvalue weighted by Crippen LogP contribution is 2.38. The predicted octanol–water partition coefficient (Wildman–Crippen LogP) is 3.27. The summed E-state index contributed by atoms with van der Waals surface area (Å²) in [6, 6.07) is 0. The van der Waals surface area contributed by atoms with Gasteiger partial charge in [0.1, 0.15) is 4.32 Å². The lowest BCUT2D eigenvalue weighted by Crippen LogP contribution is -2.55. The largest absolute Gasteiger partial charge is 0.465 e. The summed E-state index contributed by atoms with van der Waals surface area (Å²) in [6.07, 6.45) is 0.463. The summed E-state index contributed by atoms with van der Waals surface area (Å²) < 4.78 is 16.1. The zero-order valence-corrected chi connectivity index (χ0v) is 14.2. The second kappa shape index (κ2) is 6.10. The lowest BCUT2D eigenvalue weighted by molar-refractivity contribution is -0.309. The maximum absolute atomic E-state index is 12.1. The monoisotopic (exact) mass is 336 g/mol. The van der Waals surface area contributed by atoms with Crippen LogP contribution in [0.5, 0.6) is 0 Å². The van der Waals surface area contributed by atoms with E-state index in [0.717, 1.165) is 0 Å². The SMILES string of the molecule is CCOC(=O)C(C)(Br)[C@H]1C[C@H](C(C)C)OC(C)(C)O1. The van der Waals surface area contributed by atoms with Gasteiger partial charge >= 0.3 is 5.97 Å². The molecule has 0 amide bonds. The molecule has 19 heavy (non-hydrogen) atoms. The van der Waals surface area contributed by atoms with Gasteiger partial charge in [-0.25, -0.2) is 0 Å². The van der Waals surface area contributed by atoms with Crippen molar-refractivity contribution < 1.29 is 19.0 Å². The van der Waals surface area contributed by atoms with Crippen LogP contribution in [0.3, 0.4) is 0 Å². The highest BCUT2D eigenvalue weighted by Gasteiger charge is 2.48. The standard InChI is InChI=1S/C14H25BrO4/c1-7-17-12(16)14(6,15)11-8-10(9(2)3)18-13(4,5)19-11/h9-11H,7-8H2,1-6H3/t10-,11-,14?/m1/s1. The van der Waals surface area contributed by atoms with Crippen LogP contribution in [0, 0.1) is 5.92 Å². The van der Waals surface area contributed by atoms with Gasteiger partial charge in [0.15, 0.2) is 5.79 Å². The molecule has 0 radical (unpaired) electrons. The van der Waals surface area contributed by atoms with E-state index in [0.29, 0.717) is 18.9 Å². The molecule has 0 aliphatic carbocycles. The van der Waals surface area contributed by atoms with Crippen LogP contribution in [0.15, 0.2) is 0 Å². The molecule has 1 aliphatic rings. The van der Waals surface area contributed by atoms with Crippen LogP contribution < -0.4 is 0 Å². The van der Waals surface area contributed by atoms with Crippen LogP contribution in [-0.4, -0.2) is 34.9 Å². The van der Waals surface area contributed by atoms with Crippen molar-refractivity contribution in [1.82, 2.24) is 0 Å². The van der Waals surface area contributed by atoms with E-state index in [4.69, 9.17) is 14.2 Å². The first-order chi connectivity index (χ1) is 8.60. The fourth-order valence-electron chi connectivity index (χ4n) is 2.19. The minimum atomic E-state index is -0.850. The summed E-state index contributed by atoms with van der Waals surface area (Å²) in [4.78, 5) is 12.1. The van der Waals surface area contributed by atoms with Gasteiger partial charge in [-0.15, -0.1) is 0 Å². The number of halogens is 1. The number of carbonyl (C=O) groups excluding carboxylic acids is 1. The van der Waals surface area contributed by atoms with Gasteiger partial charge in [-0.05, 0) is 33.6 Å². The van der Waals surface area contributed by atoms with Gasteiger partial charge in [-0.3, -0.25) is 4.79 Å². The zero-order valence-electron chi connectivity index (χ0n) is 12.7.